The van der Waals surface area contributed by atoms with Crippen LogP contribution in [0.3, 0.4) is 0 Å². The van der Waals surface area contributed by atoms with E-state index >= 15 is 0 Å². The van der Waals surface area contributed by atoms with Crippen LogP contribution in [0.15, 0.2) is 77.2 Å². The van der Waals surface area contributed by atoms with E-state index in [0.29, 0.717) is 5.57 Å². The van der Waals surface area contributed by atoms with Gasteiger partial charge in [0.2, 0.25) is 5.91 Å². The molecule has 36 heavy (non-hydrogen) atoms. The van der Waals surface area contributed by atoms with Crippen LogP contribution in [-0.4, -0.2) is 30.6 Å². The summed E-state index contributed by atoms with van der Waals surface area (Å²) in [5, 5.41) is 14.2. The lowest BCUT2D eigenvalue weighted by Crippen LogP contribution is -2.34. The molecule has 0 aromatic heterocycles. The minimum absolute atomic E-state index is 0.0173. The molecule has 0 saturated heterocycles. The standard InChI is InChI=1S/C27H27ClN2O5S/c1-4-25(36(34,35)20-11-6-5-7-12-20)27(33)29-22-16-24(31)23(15-21(22)28)30-26(32)18(3)14-19-10-8-9-17(2)13-19/h5-16,25,31H,4H2,1-3H3,(H,29,33)(H,30,32)/b18-14-. The zero-order valence-electron chi connectivity index (χ0n) is 20.1. The fraction of sp³-hybridized carbons (Fsp3) is 0.185. The van der Waals surface area contributed by atoms with Crippen molar-refractivity contribution in [2.24, 2.45) is 0 Å². The third-order valence-corrected chi connectivity index (χ3v) is 8.02. The molecule has 3 rings (SSSR count). The van der Waals surface area contributed by atoms with Crippen molar-refractivity contribution in [2.45, 2.75) is 37.3 Å². The van der Waals surface area contributed by atoms with Crippen molar-refractivity contribution in [3.63, 3.8) is 0 Å². The van der Waals surface area contributed by atoms with Gasteiger partial charge in [0.05, 0.1) is 21.3 Å². The van der Waals surface area contributed by atoms with Gasteiger partial charge >= 0.3 is 0 Å². The predicted molar refractivity (Wildman–Crippen MR) is 143 cm³/mol. The van der Waals surface area contributed by atoms with Gasteiger partial charge in [0, 0.05) is 11.6 Å². The van der Waals surface area contributed by atoms with E-state index < -0.39 is 26.9 Å². The molecule has 188 valence electrons. The number of benzene rings is 3. The third-order valence-electron chi connectivity index (χ3n) is 5.48. The predicted octanol–water partition coefficient (Wildman–Crippen LogP) is 5.59. The fourth-order valence-electron chi connectivity index (χ4n) is 3.59. The molecule has 0 aliphatic heterocycles. The molecule has 2 amide bonds. The largest absolute Gasteiger partial charge is 0.506 e. The van der Waals surface area contributed by atoms with Crippen LogP contribution in [0.5, 0.6) is 5.75 Å². The molecule has 0 fully saturated rings. The van der Waals surface area contributed by atoms with Gasteiger partial charge in [0.1, 0.15) is 11.0 Å². The number of hydrogen-bond donors (Lipinski definition) is 3. The van der Waals surface area contributed by atoms with Gasteiger partial charge in [0.25, 0.3) is 5.91 Å². The number of carbonyl (C=O) groups is 2. The first-order valence-corrected chi connectivity index (χ1v) is 13.1. The lowest BCUT2D eigenvalue weighted by Gasteiger charge is -2.17. The normalized spacial score (nSPS) is 12.6. The maximum absolute atomic E-state index is 12.9. The van der Waals surface area contributed by atoms with E-state index in [4.69, 9.17) is 11.6 Å². The van der Waals surface area contributed by atoms with Crippen molar-refractivity contribution in [3.05, 3.63) is 88.5 Å². The molecule has 1 unspecified atom stereocenters. The zero-order chi connectivity index (χ0) is 26.5. The Hall–Kier alpha value is -3.62. The van der Waals surface area contributed by atoms with Gasteiger partial charge in [-0.2, -0.15) is 0 Å². The number of phenols is 1. The van der Waals surface area contributed by atoms with E-state index in [1.165, 1.54) is 18.2 Å². The lowest BCUT2D eigenvalue weighted by atomic mass is 10.1. The monoisotopic (exact) mass is 526 g/mol. The number of nitrogens with one attached hydrogen (secondary N) is 2. The van der Waals surface area contributed by atoms with Crippen LogP contribution in [0.1, 0.15) is 31.4 Å². The van der Waals surface area contributed by atoms with Gasteiger partial charge < -0.3 is 15.7 Å². The quantitative estimate of drug-likeness (QED) is 0.262. The second kappa shape index (κ2) is 11.4. The van der Waals surface area contributed by atoms with Crippen LogP contribution in [0.25, 0.3) is 6.08 Å². The van der Waals surface area contributed by atoms with E-state index in [0.717, 1.165) is 17.2 Å². The summed E-state index contributed by atoms with van der Waals surface area (Å²) in [5.41, 5.74) is 2.39. The molecule has 1 atom stereocenters. The van der Waals surface area contributed by atoms with Crippen LogP contribution in [-0.2, 0) is 19.4 Å². The molecule has 9 heteroatoms. The number of carbonyl (C=O) groups excluding carboxylic acids is 2. The van der Waals surface area contributed by atoms with Gasteiger partial charge in [-0.15, -0.1) is 0 Å². The molecule has 0 bridgehead atoms. The van der Waals surface area contributed by atoms with Crippen molar-refractivity contribution in [2.75, 3.05) is 10.6 Å². The van der Waals surface area contributed by atoms with Gasteiger partial charge in [-0.3, -0.25) is 9.59 Å². The SMILES string of the molecule is CCC(C(=O)Nc1cc(O)c(NC(=O)/C(C)=C\c2cccc(C)c2)cc1Cl)S(=O)(=O)c1ccccc1. The Bertz CT molecular complexity index is 1420. The molecule has 0 spiro atoms. The number of aromatic hydroxyl groups is 1. The second-order valence-electron chi connectivity index (χ2n) is 8.29. The molecule has 0 heterocycles. The minimum atomic E-state index is -3.94. The van der Waals surface area contributed by atoms with Gasteiger partial charge in [-0.05, 0) is 50.1 Å². The Morgan fingerprint density at radius 2 is 1.69 bits per heavy atom. The molecule has 3 aromatic rings. The summed E-state index contributed by atoms with van der Waals surface area (Å²) in [6, 6.07) is 17.8. The average Bonchev–Trinajstić information content (AvgIpc) is 2.83. The third kappa shape index (κ3) is 6.33. The van der Waals surface area contributed by atoms with Crippen LogP contribution >= 0.6 is 11.6 Å². The zero-order valence-corrected chi connectivity index (χ0v) is 21.7. The summed E-state index contributed by atoms with van der Waals surface area (Å²) in [4.78, 5) is 25.5. The van der Waals surface area contributed by atoms with E-state index in [1.807, 2.05) is 31.2 Å². The number of hydrogen-bond acceptors (Lipinski definition) is 5. The summed E-state index contributed by atoms with van der Waals surface area (Å²) in [6.07, 6.45) is 1.75. The maximum atomic E-state index is 12.9. The number of anilines is 2. The Morgan fingerprint density at radius 3 is 2.33 bits per heavy atom. The van der Waals surface area contributed by atoms with Gasteiger partial charge in [0.15, 0.2) is 9.84 Å². The summed E-state index contributed by atoms with van der Waals surface area (Å²) < 4.78 is 25.9. The molecule has 0 aliphatic carbocycles. The van der Waals surface area contributed by atoms with Crippen molar-refractivity contribution in [1.29, 1.82) is 0 Å². The summed E-state index contributed by atoms with van der Waals surface area (Å²) in [5.74, 6) is -1.57. The first-order valence-electron chi connectivity index (χ1n) is 11.2. The van der Waals surface area contributed by atoms with Crippen LogP contribution < -0.4 is 10.6 Å². The number of aryl methyl sites for hydroxylation is 1. The van der Waals surface area contributed by atoms with Crippen molar-refractivity contribution >= 4 is 50.7 Å². The van der Waals surface area contributed by atoms with Crippen molar-refractivity contribution in [1.82, 2.24) is 0 Å². The molecule has 3 N–H and O–H groups in total. The van der Waals surface area contributed by atoms with Crippen molar-refractivity contribution < 1.29 is 23.1 Å². The highest BCUT2D eigenvalue weighted by Gasteiger charge is 2.33. The molecular formula is C27H27ClN2O5S. The Balaban J connectivity index is 1.77. The highest BCUT2D eigenvalue weighted by Crippen LogP contribution is 2.34. The molecular weight excluding hydrogens is 500 g/mol. The summed E-state index contributed by atoms with van der Waals surface area (Å²) in [6.45, 7) is 5.19. The number of phenolic OH excluding ortho intramolecular Hbond substituents is 1. The first kappa shape index (κ1) is 27.0. The number of sulfone groups is 1. The van der Waals surface area contributed by atoms with E-state index in [2.05, 4.69) is 10.6 Å². The Kier molecular flexibility index (Phi) is 8.55. The highest BCUT2D eigenvalue weighted by molar-refractivity contribution is 7.92. The van der Waals surface area contributed by atoms with Crippen LogP contribution in [0, 0.1) is 6.92 Å². The van der Waals surface area contributed by atoms with Crippen LogP contribution in [0.4, 0.5) is 11.4 Å². The molecule has 3 aromatic carbocycles. The number of rotatable bonds is 8. The van der Waals surface area contributed by atoms with Gasteiger partial charge in [-0.25, -0.2) is 8.42 Å². The fourth-order valence-corrected chi connectivity index (χ4v) is 5.44. The summed E-state index contributed by atoms with van der Waals surface area (Å²) in [7, 11) is -3.94. The average molecular weight is 527 g/mol. The Labute approximate surface area is 215 Å². The summed E-state index contributed by atoms with van der Waals surface area (Å²) >= 11 is 6.29. The highest BCUT2D eigenvalue weighted by atomic mass is 35.5. The van der Waals surface area contributed by atoms with E-state index in [-0.39, 0.29) is 33.5 Å². The van der Waals surface area contributed by atoms with Gasteiger partial charge in [-0.1, -0.05) is 66.6 Å². The topological polar surface area (TPSA) is 113 Å². The second-order valence-corrected chi connectivity index (χ2v) is 10.8. The van der Waals surface area contributed by atoms with Crippen LogP contribution in [0.2, 0.25) is 5.02 Å². The Morgan fingerprint density at radius 1 is 1.00 bits per heavy atom. The minimum Gasteiger partial charge on any atom is -0.506 e. The van der Waals surface area contributed by atoms with Crippen molar-refractivity contribution in [3.8, 4) is 5.75 Å². The molecule has 0 radical (unpaired) electrons. The molecule has 0 aliphatic rings. The first-order chi connectivity index (χ1) is 17.0. The van der Waals surface area contributed by atoms with E-state index in [1.54, 1.807) is 38.1 Å². The molecule has 7 nitrogen and oxygen atoms in total. The van der Waals surface area contributed by atoms with E-state index in [9.17, 15) is 23.1 Å². The molecule has 0 saturated carbocycles. The lowest BCUT2D eigenvalue weighted by molar-refractivity contribution is -0.116. The number of amides is 2. The smallest absolute Gasteiger partial charge is 0.251 e. The number of halogens is 1. The maximum Gasteiger partial charge on any atom is 0.251 e.